The lowest BCUT2D eigenvalue weighted by molar-refractivity contribution is 0.266. The van der Waals surface area contributed by atoms with Crippen molar-refractivity contribution < 1.29 is 5.11 Å². The third-order valence-corrected chi connectivity index (χ3v) is 3.81. The van der Waals surface area contributed by atoms with Crippen molar-refractivity contribution in [2.45, 2.75) is 38.6 Å². The van der Waals surface area contributed by atoms with Crippen LogP contribution in [0.5, 0.6) is 0 Å². The van der Waals surface area contributed by atoms with Gasteiger partial charge in [0.25, 0.3) is 5.56 Å². The number of rotatable bonds is 6. The zero-order chi connectivity index (χ0) is 14.4. The summed E-state index contributed by atoms with van der Waals surface area (Å²) in [5, 5.41) is 16.1. The van der Waals surface area contributed by atoms with Crippen molar-refractivity contribution >= 4 is 17.3 Å². The van der Waals surface area contributed by atoms with Crippen LogP contribution < -0.4 is 10.9 Å². The number of halogens is 1. The lowest BCUT2D eigenvalue weighted by Crippen LogP contribution is -2.25. The Morgan fingerprint density at radius 3 is 3.00 bits per heavy atom. The molecule has 1 aliphatic carbocycles. The van der Waals surface area contributed by atoms with Crippen molar-refractivity contribution in [2.75, 3.05) is 18.5 Å². The second-order valence-electron chi connectivity index (χ2n) is 4.91. The topological polar surface area (TPSA) is 67.2 Å². The molecule has 0 spiro atoms. The molecular formula is C14H20ClN3O2. The van der Waals surface area contributed by atoms with E-state index in [2.05, 4.69) is 16.5 Å². The van der Waals surface area contributed by atoms with Gasteiger partial charge in [-0.15, -0.1) is 0 Å². The molecule has 20 heavy (non-hydrogen) atoms. The van der Waals surface area contributed by atoms with E-state index in [1.807, 2.05) is 0 Å². The van der Waals surface area contributed by atoms with Gasteiger partial charge in [-0.3, -0.25) is 4.79 Å². The maximum Gasteiger partial charge on any atom is 0.287 e. The van der Waals surface area contributed by atoms with Crippen LogP contribution in [0.2, 0.25) is 5.02 Å². The van der Waals surface area contributed by atoms with E-state index in [1.54, 1.807) is 0 Å². The third kappa shape index (κ3) is 3.84. The molecule has 5 nitrogen and oxygen atoms in total. The van der Waals surface area contributed by atoms with Gasteiger partial charge in [0.1, 0.15) is 5.02 Å². The molecule has 1 aliphatic rings. The van der Waals surface area contributed by atoms with Crippen molar-refractivity contribution in [3.63, 3.8) is 0 Å². The van der Waals surface area contributed by atoms with Gasteiger partial charge in [0.2, 0.25) is 0 Å². The van der Waals surface area contributed by atoms with E-state index in [0.29, 0.717) is 5.69 Å². The molecule has 0 aliphatic heterocycles. The fraction of sp³-hybridized carbons (Fsp3) is 0.571. The molecule has 0 saturated carbocycles. The van der Waals surface area contributed by atoms with Crippen molar-refractivity contribution in [1.29, 1.82) is 0 Å². The molecule has 0 bridgehead atoms. The molecule has 0 unspecified atom stereocenters. The molecule has 0 amide bonds. The van der Waals surface area contributed by atoms with Crippen molar-refractivity contribution in [3.05, 3.63) is 33.2 Å². The molecule has 0 aromatic carbocycles. The van der Waals surface area contributed by atoms with Gasteiger partial charge in [-0.2, -0.15) is 5.10 Å². The molecule has 1 aromatic heterocycles. The van der Waals surface area contributed by atoms with E-state index in [9.17, 15) is 4.79 Å². The summed E-state index contributed by atoms with van der Waals surface area (Å²) in [6.45, 7) is 0.770. The summed E-state index contributed by atoms with van der Waals surface area (Å²) in [4.78, 5) is 11.9. The smallest absolute Gasteiger partial charge is 0.287 e. The summed E-state index contributed by atoms with van der Waals surface area (Å²) in [5.41, 5.74) is 1.66. The summed E-state index contributed by atoms with van der Waals surface area (Å²) in [6.07, 6.45) is 9.72. The minimum Gasteiger partial charge on any atom is -0.394 e. The van der Waals surface area contributed by atoms with Crippen molar-refractivity contribution in [3.8, 4) is 0 Å². The second-order valence-corrected chi connectivity index (χ2v) is 5.29. The Hall–Kier alpha value is -1.33. The Bertz CT molecular complexity index is 540. The first-order valence-electron chi connectivity index (χ1n) is 7.00. The zero-order valence-electron chi connectivity index (χ0n) is 11.4. The summed E-state index contributed by atoms with van der Waals surface area (Å²) in [6, 6.07) is 0. The molecule has 0 radical (unpaired) electrons. The van der Waals surface area contributed by atoms with Gasteiger partial charge in [0, 0.05) is 6.54 Å². The Morgan fingerprint density at radius 2 is 2.30 bits per heavy atom. The SMILES string of the molecule is O=c1c(Cl)c(NCCC2=CCCCC2)cnn1CCO. The summed E-state index contributed by atoms with van der Waals surface area (Å²) < 4.78 is 1.16. The van der Waals surface area contributed by atoms with Crippen LogP contribution in [0.25, 0.3) is 0 Å². The third-order valence-electron chi connectivity index (χ3n) is 3.44. The molecule has 0 fully saturated rings. The van der Waals surface area contributed by atoms with E-state index in [0.717, 1.165) is 17.6 Å². The number of allylic oxidation sites excluding steroid dienone is 1. The number of hydrogen-bond donors (Lipinski definition) is 2. The number of nitrogens with zero attached hydrogens (tertiary/aromatic N) is 2. The monoisotopic (exact) mass is 297 g/mol. The predicted molar refractivity (Wildman–Crippen MR) is 80.3 cm³/mol. The van der Waals surface area contributed by atoms with E-state index in [-0.39, 0.29) is 23.7 Å². The van der Waals surface area contributed by atoms with Gasteiger partial charge < -0.3 is 10.4 Å². The Morgan fingerprint density at radius 1 is 1.45 bits per heavy atom. The summed E-state index contributed by atoms with van der Waals surface area (Å²) in [7, 11) is 0. The quantitative estimate of drug-likeness (QED) is 0.790. The number of aliphatic hydroxyl groups excluding tert-OH is 1. The molecule has 110 valence electrons. The first-order chi connectivity index (χ1) is 9.72. The van der Waals surface area contributed by atoms with Crippen LogP contribution in [0.15, 0.2) is 22.6 Å². The highest BCUT2D eigenvalue weighted by Crippen LogP contribution is 2.21. The maximum absolute atomic E-state index is 11.9. The summed E-state index contributed by atoms with van der Waals surface area (Å²) in [5.74, 6) is 0. The van der Waals surface area contributed by atoms with E-state index in [4.69, 9.17) is 16.7 Å². The molecule has 0 saturated heterocycles. The normalized spacial score (nSPS) is 15.0. The number of anilines is 1. The van der Waals surface area contributed by atoms with Crippen LogP contribution >= 0.6 is 11.6 Å². The van der Waals surface area contributed by atoms with Gasteiger partial charge in [0.05, 0.1) is 25.0 Å². The van der Waals surface area contributed by atoms with Crippen molar-refractivity contribution in [2.24, 2.45) is 0 Å². The minimum atomic E-state index is -0.373. The van der Waals surface area contributed by atoms with Crippen LogP contribution in [0.3, 0.4) is 0 Å². The average Bonchev–Trinajstić information content (AvgIpc) is 2.48. The number of nitrogens with one attached hydrogen (secondary N) is 1. The van der Waals surface area contributed by atoms with Crippen molar-refractivity contribution in [1.82, 2.24) is 9.78 Å². The predicted octanol–water partition coefficient (Wildman–Crippen LogP) is 2.19. The van der Waals surface area contributed by atoms with Crippen LogP contribution in [-0.4, -0.2) is 28.0 Å². The van der Waals surface area contributed by atoms with Crippen LogP contribution in [0, 0.1) is 0 Å². The molecule has 1 heterocycles. The average molecular weight is 298 g/mol. The highest BCUT2D eigenvalue weighted by Gasteiger charge is 2.09. The van der Waals surface area contributed by atoms with Gasteiger partial charge in [-0.05, 0) is 32.1 Å². The Balaban J connectivity index is 1.94. The number of hydrogen-bond acceptors (Lipinski definition) is 4. The largest absolute Gasteiger partial charge is 0.394 e. The lowest BCUT2D eigenvalue weighted by Gasteiger charge is -2.14. The minimum absolute atomic E-state index is 0.131. The van der Waals surface area contributed by atoms with Crippen LogP contribution in [0.1, 0.15) is 32.1 Å². The van der Waals surface area contributed by atoms with E-state index in [1.165, 1.54) is 37.5 Å². The molecule has 1 aromatic rings. The molecule has 0 atom stereocenters. The number of aliphatic hydroxyl groups is 1. The Kier molecular flexibility index (Phi) is 5.61. The van der Waals surface area contributed by atoms with E-state index < -0.39 is 0 Å². The van der Waals surface area contributed by atoms with Crippen LogP contribution in [0.4, 0.5) is 5.69 Å². The van der Waals surface area contributed by atoms with E-state index >= 15 is 0 Å². The first kappa shape index (κ1) is 15.1. The lowest BCUT2D eigenvalue weighted by atomic mass is 9.97. The molecular weight excluding hydrogens is 278 g/mol. The molecule has 2 rings (SSSR count). The van der Waals surface area contributed by atoms with Crippen LogP contribution in [-0.2, 0) is 6.54 Å². The molecule has 2 N–H and O–H groups in total. The van der Waals surface area contributed by atoms with Gasteiger partial charge in [-0.25, -0.2) is 4.68 Å². The fourth-order valence-electron chi connectivity index (χ4n) is 2.33. The first-order valence-corrected chi connectivity index (χ1v) is 7.38. The standard InChI is InChI=1S/C14H20ClN3O2/c15-13-12(10-17-18(8-9-19)14(13)20)16-7-6-11-4-2-1-3-5-11/h4,10,16,19H,1-3,5-9H2. The fourth-order valence-corrected chi connectivity index (χ4v) is 2.54. The maximum atomic E-state index is 11.9. The highest BCUT2D eigenvalue weighted by molar-refractivity contribution is 6.32. The Labute approximate surface area is 123 Å². The molecule has 6 heteroatoms. The zero-order valence-corrected chi connectivity index (χ0v) is 12.2. The highest BCUT2D eigenvalue weighted by atomic mass is 35.5. The number of aromatic nitrogens is 2. The van der Waals surface area contributed by atoms with Gasteiger partial charge in [-0.1, -0.05) is 23.3 Å². The van der Waals surface area contributed by atoms with Gasteiger partial charge in [0.15, 0.2) is 0 Å². The second kappa shape index (κ2) is 7.45. The summed E-state index contributed by atoms with van der Waals surface area (Å²) >= 11 is 6.02. The van der Waals surface area contributed by atoms with Gasteiger partial charge >= 0.3 is 0 Å².